The normalized spacial score (nSPS) is 11.7. The van der Waals surface area contributed by atoms with E-state index in [1.807, 2.05) is 0 Å². The number of nitro benzene ring substituents is 1. The lowest BCUT2D eigenvalue weighted by molar-refractivity contribution is -0.384. The standard InChI is InChI=1S/C19H15ClN4O6/c1-10(18(26)21-16-8-11(24(28)29)6-7-14(16)20)30-17(25)9-15-12-4-2-3-5-13(12)19(27)23-22-15/h2-8,10H,9H2,1H3,(H,21,26)(H,23,27)/t10-/m1/s1. The fourth-order valence-corrected chi connectivity index (χ4v) is 2.86. The van der Waals surface area contributed by atoms with Crippen LogP contribution in [0, 0.1) is 10.1 Å². The molecule has 0 aliphatic rings. The average Bonchev–Trinajstić information content (AvgIpc) is 2.71. The smallest absolute Gasteiger partial charge is 0.312 e. The molecule has 3 rings (SSSR count). The number of anilines is 1. The van der Waals surface area contributed by atoms with Crippen LogP contribution in [0.1, 0.15) is 12.6 Å². The Morgan fingerprint density at radius 1 is 1.27 bits per heavy atom. The maximum absolute atomic E-state index is 12.3. The molecule has 1 heterocycles. The Hall–Kier alpha value is -3.79. The third kappa shape index (κ3) is 4.61. The van der Waals surface area contributed by atoms with Gasteiger partial charge >= 0.3 is 5.97 Å². The Morgan fingerprint density at radius 2 is 1.97 bits per heavy atom. The molecule has 0 radical (unpaired) electrons. The van der Waals surface area contributed by atoms with Crippen LogP contribution in [0.5, 0.6) is 0 Å². The van der Waals surface area contributed by atoms with Crippen LogP contribution in [0.3, 0.4) is 0 Å². The molecule has 0 spiro atoms. The number of halogens is 1. The topological polar surface area (TPSA) is 144 Å². The van der Waals surface area contributed by atoms with Gasteiger partial charge in [0, 0.05) is 17.5 Å². The largest absolute Gasteiger partial charge is 0.452 e. The summed E-state index contributed by atoms with van der Waals surface area (Å²) in [5.41, 5.74) is -0.323. The summed E-state index contributed by atoms with van der Waals surface area (Å²) >= 11 is 5.95. The van der Waals surface area contributed by atoms with E-state index >= 15 is 0 Å². The second-order valence-electron chi connectivity index (χ2n) is 6.26. The van der Waals surface area contributed by atoms with Gasteiger partial charge in [-0.15, -0.1) is 0 Å². The number of hydrogen-bond donors (Lipinski definition) is 2. The molecule has 1 amide bonds. The number of nitro groups is 1. The maximum atomic E-state index is 12.3. The van der Waals surface area contributed by atoms with Gasteiger partial charge in [0.2, 0.25) is 0 Å². The molecule has 0 bridgehead atoms. The second-order valence-corrected chi connectivity index (χ2v) is 6.67. The number of amides is 1. The Morgan fingerprint density at radius 3 is 2.67 bits per heavy atom. The van der Waals surface area contributed by atoms with Crippen LogP contribution in [0.2, 0.25) is 5.02 Å². The number of aromatic amines is 1. The van der Waals surface area contributed by atoms with Crippen LogP contribution in [0.4, 0.5) is 11.4 Å². The molecule has 0 fully saturated rings. The van der Waals surface area contributed by atoms with Crippen molar-refractivity contribution in [2.24, 2.45) is 0 Å². The highest BCUT2D eigenvalue weighted by Crippen LogP contribution is 2.27. The SMILES string of the molecule is C[C@@H](OC(=O)Cc1n[nH]c(=O)c2ccccc12)C(=O)Nc1cc([N+](=O)[O-])ccc1Cl. The second kappa shape index (κ2) is 8.70. The molecular weight excluding hydrogens is 416 g/mol. The van der Waals surface area contributed by atoms with Crippen molar-refractivity contribution < 1.29 is 19.2 Å². The highest BCUT2D eigenvalue weighted by atomic mass is 35.5. The van der Waals surface area contributed by atoms with Crippen molar-refractivity contribution in [2.75, 3.05) is 5.32 Å². The molecule has 0 saturated carbocycles. The van der Waals surface area contributed by atoms with Gasteiger partial charge in [-0.05, 0) is 19.1 Å². The van der Waals surface area contributed by atoms with Crippen LogP contribution >= 0.6 is 11.6 Å². The molecule has 0 aliphatic heterocycles. The summed E-state index contributed by atoms with van der Waals surface area (Å²) in [5.74, 6) is -1.46. The summed E-state index contributed by atoms with van der Waals surface area (Å²) in [6.45, 7) is 1.34. The molecule has 0 unspecified atom stereocenters. The van der Waals surface area contributed by atoms with Gasteiger partial charge in [-0.1, -0.05) is 29.8 Å². The van der Waals surface area contributed by atoms with Crippen LogP contribution < -0.4 is 10.9 Å². The van der Waals surface area contributed by atoms with E-state index in [9.17, 15) is 24.5 Å². The van der Waals surface area contributed by atoms with Crippen LogP contribution in [-0.2, 0) is 20.7 Å². The minimum absolute atomic E-state index is 0.0204. The van der Waals surface area contributed by atoms with Crippen molar-refractivity contribution in [1.82, 2.24) is 10.2 Å². The maximum Gasteiger partial charge on any atom is 0.312 e. The fourth-order valence-electron chi connectivity index (χ4n) is 2.69. The average molecular weight is 431 g/mol. The number of H-pyrrole nitrogens is 1. The number of fused-ring (bicyclic) bond motifs is 1. The highest BCUT2D eigenvalue weighted by Gasteiger charge is 2.21. The molecular formula is C19H15ClN4O6. The Balaban J connectivity index is 1.68. The Labute approximate surface area is 174 Å². The first-order chi connectivity index (χ1) is 14.3. The lowest BCUT2D eigenvalue weighted by Gasteiger charge is -2.14. The zero-order chi connectivity index (χ0) is 21.8. The summed E-state index contributed by atoms with van der Waals surface area (Å²) in [4.78, 5) is 46.6. The fraction of sp³-hybridized carbons (Fsp3) is 0.158. The number of ether oxygens (including phenoxy) is 1. The number of aromatic nitrogens is 2. The Kier molecular flexibility index (Phi) is 6.07. The van der Waals surface area contributed by atoms with Gasteiger partial charge in [0.1, 0.15) is 0 Å². The zero-order valence-electron chi connectivity index (χ0n) is 15.5. The molecule has 154 valence electrons. The van der Waals surface area contributed by atoms with E-state index < -0.39 is 22.9 Å². The van der Waals surface area contributed by atoms with E-state index in [1.54, 1.807) is 24.3 Å². The van der Waals surface area contributed by atoms with Gasteiger partial charge < -0.3 is 10.1 Å². The Bertz CT molecular complexity index is 1210. The van der Waals surface area contributed by atoms with Crippen LogP contribution in [0.25, 0.3) is 10.8 Å². The number of esters is 1. The lowest BCUT2D eigenvalue weighted by atomic mass is 10.1. The molecule has 2 N–H and O–H groups in total. The van der Waals surface area contributed by atoms with Gasteiger partial charge in [0.15, 0.2) is 6.10 Å². The number of non-ortho nitro benzene ring substituents is 1. The first-order valence-electron chi connectivity index (χ1n) is 8.67. The predicted molar refractivity (Wildman–Crippen MR) is 108 cm³/mol. The number of carbonyl (C=O) groups is 2. The third-order valence-corrected chi connectivity index (χ3v) is 4.51. The molecule has 0 aliphatic carbocycles. The van der Waals surface area contributed by atoms with Crippen LogP contribution in [0.15, 0.2) is 47.3 Å². The van der Waals surface area contributed by atoms with Gasteiger partial charge in [0.05, 0.1) is 33.1 Å². The summed E-state index contributed by atoms with van der Waals surface area (Å²) in [6.07, 6.45) is -1.48. The molecule has 1 aromatic heterocycles. The molecule has 3 aromatic rings. The monoisotopic (exact) mass is 430 g/mol. The first-order valence-corrected chi connectivity index (χ1v) is 9.04. The van der Waals surface area contributed by atoms with Gasteiger partial charge in [-0.25, -0.2) is 5.10 Å². The summed E-state index contributed by atoms with van der Waals surface area (Å²) in [5, 5.41) is 20.4. The van der Waals surface area contributed by atoms with Crippen molar-refractivity contribution in [3.8, 4) is 0 Å². The number of benzene rings is 2. The molecule has 1 atom stereocenters. The number of carbonyl (C=O) groups excluding carboxylic acids is 2. The molecule has 2 aromatic carbocycles. The van der Waals surface area contributed by atoms with Crippen molar-refractivity contribution in [3.05, 3.63) is 73.6 Å². The van der Waals surface area contributed by atoms with Crippen molar-refractivity contribution in [3.63, 3.8) is 0 Å². The molecule has 10 nitrogen and oxygen atoms in total. The van der Waals surface area contributed by atoms with Gasteiger partial charge in [-0.2, -0.15) is 5.10 Å². The van der Waals surface area contributed by atoms with Gasteiger partial charge in [0.25, 0.3) is 17.2 Å². The lowest BCUT2D eigenvalue weighted by Crippen LogP contribution is -2.30. The van der Waals surface area contributed by atoms with Crippen molar-refractivity contribution in [1.29, 1.82) is 0 Å². The number of nitrogens with one attached hydrogen (secondary N) is 2. The first kappa shape index (κ1) is 20.9. The van der Waals surface area contributed by atoms with Crippen molar-refractivity contribution in [2.45, 2.75) is 19.4 Å². The quantitative estimate of drug-likeness (QED) is 0.347. The van der Waals surface area contributed by atoms with Gasteiger partial charge in [-0.3, -0.25) is 24.5 Å². The van der Waals surface area contributed by atoms with Crippen molar-refractivity contribution >= 4 is 45.6 Å². The number of nitrogens with zero attached hydrogens (tertiary/aromatic N) is 2. The van der Waals surface area contributed by atoms with E-state index in [4.69, 9.17) is 16.3 Å². The molecule has 0 saturated heterocycles. The zero-order valence-corrected chi connectivity index (χ0v) is 16.3. The van der Waals surface area contributed by atoms with Crippen LogP contribution in [-0.4, -0.2) is 33.1 Å². The van der Waals surface area contributed by atoms with E-state index in [0.29, 0.717) is 16.5 Å². The molecule has 11 heteroatoms. The summed E-state index contributed by atoms with van der Waals surface area (Å²) in [6, 6.07) is 10.2. The minimum atomic E-state index is -1.21. The highest BCUT2D eigenvalue weighted by molar-refractivity contribution is 6.33. The summed E-state index contributed by atoms with van der Waals surface area (Å²) in [7, 11) is 0. The number of hydrogen-bond acceptors (Lipinski definition) is 7. The van der Waals surface area contributed by atoms with E-state index in [-0.39, 0.29) is 28.4 Å². The number of rotatable bonds is 6. The third-order valence-electron chi connectivity index (χ3n) is 4.18. The summed E-state index contributed by atoms with van der Waals surface area (Å²) < 4.78 is 5.13. The van der Waals surface area contributed by atoms with E-state index in [1.165, 1.54) is 19.1 Å². The predicted octanol–water partition coefficient (Wildman–Crippen LogP) is 2.60. The minimum Gasteiger partial charge on any atom is -0.452 e. The molecule has 30 heavy (non-hydrogen) atoms. The van der Waals surface area contributed by atoms with E-state index in [2.05, 4.69) is 15.5 Å². The van der Waals surface area contributed by atoms with E-state index in [0.717, 1.165) is 6.07 Å².